The summed E-state index contributed by atoms with van der Waals surface area (Å²) in [7, 11) is 0. The first-order valence-corrected chi connectivity index (χ1v) is 5.43. The van der Waals surface area contributed by atoms with Gasteiger partial charge < -0.3 is 9.72 Å². The fourth-order valence-electron chi connectivity index (χ4n) is 1.63. The van der Waals surface area contributed by atoms with Gasteiger partial charge in [0.15, 0.2) is 0 Å². The average Bonchev–Trinajstić information content (AvgIpc) is 2.29. The van der Waals surface area contributed by atoms with Gasteiger partial charge in [-0.05, 0) is 12.5 Å². The quantitative estimate of drug-likeness (QED) is 0.686. The van der Waals surface area contributed by atoms with Gasteiger partial charge in [-0.15, -0.1) is 0 Å². The summed E-state index contributed by atoms with van der Waals surface area (Å²) >= 11 is 0. The molecule has 0 amide bonds. The molecule has 112 valence electrons. The minimum Gasteiger partial charge on any atom is -0.466 e. The Morgan fingerprint density at radius 2 is 2.00 bits per heavy atom. The van der Waals surface area contributed by atoms with Crippen molar-refractivity contribution in [2.24, 2.45) is 0 Å². The summed E-state index contributed by atoms with van der Waals surface area (Å²) in [5.74, 6) is -0.963. The molecule has 0 unspecified atom stereocenters. The van der Waals surface area contributed by atoms with Crippen molar-refractivity contribution < 1.29 is 31.5 Å². The third-order valence-corrected chi connectivity index (χ3v) is 2.36. The van der Waals surface area contributed by atoms with Crippen LogP contribution < -0.4 is 5.56 Å². The fourth-order valence-corrected chi connectivity index (χ4v) is 1.63. The molecule has 1 N–H and O–H groups in total. The second-order valence-corrected chi connectivity index (χ2v) is 3.71. The molecule has 1 aromatic heterocycles. The molecule has 0 radical (unpaired) electrons. The average molecular weight is 299 g/mol. The zero-order valence-electron chi connectivity index (χ0n) is 10.2. The molecule has 4 nitrogen and oxygen atoms in total. The van der Waals surface area contributed by atoms with Crippen LogP contribution >= 0.6 is 0 Å². The number of hydrogen-bond donors (Lipinski definition) is 1. The van der Waals surface area contributed by atoms with E-state index in [1.165, 1.54) is 6.92 Å². The largest absolute Gasteiger partial charge is 0.466 e. The lowest BCUT2D eigenvalue weighted by Crippen LogP contribution is -2.26. The van der Waals surface area contributed by atoms with E-state index in [1.54, 1.807) is 4.98 Å². The molecular formula is C11H10F5NO3. The maximum atomic E-state index is 12.8. The third-order valence-electron chi connectivity index (χ3n) is 2.36. The van der Waals surface area contributed by atoms with Crippen molar-refractivity contribution in [3.05, 3.63) is 33.2 Å². The van der Waals surface area contributed by atoms with Gasteiger partial charge in [0.25, 0.3) is 12.0 Å². The number of H-pyrrole nitrogens is 1. The van der Waals surface area contributed by atoms with Crippen molar-refractivity contribution in [2.45, 2.75) is 25.9 Å². The molecule has 0 saturated carbocycles. The predicted octanol–water partition coefficient (Wildman–Crippen LogP) is 2.44. The summed E-state index contributed by atoms with van der Waals surface area (Å²) < 4.78 is 68.1. The van der Waals surface area contributed by atoms with Gasteiger partial charge in [0.1, 0.15) is 5.56 Å². The molecule has 0 saturated heterocycles. The monoisotopic (exact) mass is 299 g/mol. The minimum absolute atomic E-state index is 0.0433. The first kappa shape index (κ1) is 16.1. The highest BCUT2D eigenvalue weighted by atomic mass is 19.4. The van der Waals surface area contributed by atoms with Gasteiger partial charge in [-0.1, -0.05) is 0 Å². The second-order valence-electron chi connectivity index (χ2n) is 3.71. The van der Waals surface area contributed by atoms with E-state index in [0.29, 0.717) is 6.20 Å². The van der Waals surface area contributed by atoms with Gasteiger partial charge in [-0.25, -0.2) is 8.78 Å². The zero-order valence-corrected chi connectivity index (χ0v) is 10.2. The van der Waals surface area contributed by atoms with Crippen LogP contribution in [0.4, 0.5) is 22.0 Å². The van der Waals surface area contributed by atoms with Gasteiger partial charge in [0.05, 0.1) is 13.0 Å². The van der Waals surface area contributed by atoms with E-state index in [0.717, 1.165) is 0 Å². The molecule has 0 bridgehead atoms. The highest BCUT2D eigenvalue weighted by Crippen LogP contribution is 2.35. The number of esters is 1. The van der Waals surface area contributed by atoms with Crippen LogP contribution in [0.1, 0.15) is 30.0 Å². The lowest BCUT2D eigenvalue weighted by atomic mass is 10.0. The number of ether oxygens (including phenoxy) is 1. The summed E-state index contributed by atoms with van der Waals surface area (Å²) in [5.41, 5.74) is -5.78. The van der Waals surface area contributed by atoms with E-state index in [1.807, 2.05) is 0 Å². The Hall–Kier alpha value is -1.93. The molecular weight excluding hydrogens is 289 g/mol. The normalized spacial score (nSPS) is 11.8. The van der Waals surface area contributed by atoms with E-state index in [9.17, 15) is 31.5 Å². The Balaban J connectivity index is 3.40. The van der Waals surface area contributed by atoms with Crippen molar-refractivity contribution >= 4 is 5.97 Å². The summed E-state index contributed by atoms with van der Waals surface area (Å²) in [6.45, 7) is 1.41. The molecule has 20 heavy (non-hydrogen) atoms. The molecule has 0 fully saturated rings. The molecule has 0 aliphatic rings. The Bertz CT molecular complexity index is 550. The first-order valence-electron chi connectivity index (χ1n) is 5.43. The number of halogens is 5. The number of aromatic nitrogens is 1. The Morgan fingerprint density at radius 3 is 2.45 bits per heavy atom. The summed E-state index contributed by atoms with van der Waals surface area (Å²) in [6, 6.07) is 0. The molecule has 0 atom stereocenters. The third kappa shape index (κ3) is 3.55. The first-order chi connectivity index (χ1) is 9.18. The fraction of sp³-hybridized carbons (Fsp3) is 0.455. The van der Waals surface area contributed by atoms with Gasteiger partial charge in [0.2, 0.25) is 0 Å². The van der Waals surface area contributed by atoms with E-state index in [-0.39, 0.29) is 6.61 Å². The molecule has 9 heteroatoms. The van der Waals surface area contributed by atoms with Crippen LogP contribution in [0, 0.1) is 0 Å². The lowest BCUT2D eigenvalue weighted by molar-refractivity contribution is -0.143. The number of hydrogen-bond acceptors (Lipinski definition) is 3. The molecule has 0 aliphatic heterocycles. The molecule has 1 aromatic rings. The van der Waals surface area contributed by atoms with E-state index in [4.69, 9.17) is 0 Å². The maximum absolute atomic E-state index is 12.8. The highest BCUT2D eigenvalue weighted by Gasteiger charge is 2.40. The number of carbonyl (C=O) groups excluding carboxylic acids is 1. The smallest absolute Gasteiger partial charge is 0.422 e. The van der Waals surface area contributed by atoms with Crippen LogP contribution in [0.15, 0.2) is 11.0 Å². The SMILES string of the molecule is CCOC(=O)Cc1c[nH]c(=O)c(C(F)(F)F)c1C(F)F. The molecule has 0 aromatic carbocycles. The van der Waals surface area contributed by atoms with Crippen molar-refractivity contribution in [1.29, 1.82) is 0 Å². The van der Waals surface area contributed by atoms with Crippen LogP contribution in [0.2, 0.25) is 0 Å². The van der Waals surface area contributed by atoms with E-state index >= 15 is 0 Å². The predicted molar refractivity (Wildman–Crippen MR) is 57.4 cm³/mol. The van der Waals surface area contributed by atoms with Crippen LogP contribution in [-0.4, -0.2) is 17.6 Å². The minimum atomic E-state index is -5.25. The lowest BCUT2D eigenvalue weighted by Gasteiger charge is -2.15. The summed E-state index contributed by atoms with van der Waals surface area (Å²) in [6.07, 6.45) is -8.91. The van der Waals surface area contributed by atoms with Crippen molar-refractivity contribution in [1.82, 2.24) is 4.98 Å². The van der Waals surface area contributed by atoms with Crippen molar-refractivity contribution in [3.63, 3.8) is 0 Å². The van der Waals surface area contributed by atoms with E-state index < -0.39 is 47.2 Å². The Kier molecular flexibility index (Phi) is 4.85. The summed E-state index contributed by atoms with van der Waals surface area (Å²) in [4.78, 5) is 24.0. The van der Waals surface area contributed by atoms with Crippen LogP contribution in [0.25, 0.3) is 0 Å². The van der Waals surface area contributed by atoms with Gasteiger partial charge in [-0.3, -0.25) is 9.59 Å². The Labute approximate surface area is 109 Å². The topological polar surface area (TPSA) is 59.2 Å². The highest BCUT2D eigenvalue weighted by molar-refractivity contribution is 5.73. The molecule has 1 heterocycles. The van der Waals surface area contributed by atoms with Crippen LogP contribution in [0.3, 0.4) is 0 Å². The summed E-state index contributed by atoms with van der Waals surface area (Å²) in [5, 5.41) is 0. The molecule has 0 spiro atoms. The van der Waals surface area contributed by atoms with Crippen LogP contribution in [-0.2, 0) is 22.1 Å². The van der Waals surface area contributed by atoms with Gasteiger partial charge in [-0.2, -0.15) is 13.2 Å². The number of alkyl halides is 5. The second kappa shape index (κ2) is 6.02. The number of aromatic amines is 1. The van der Waals surface area contributed by atoms with Gasteiger partial charge >= 0.3 is 12.1 Å². The number of pyridine rings is 1. The van der Waals surface area contributed by atoms with Crippen LogP contribution in [0.5, 0.6) is 0 Å². The van der Waals surface area contributed by atoms with E-state index in [2.05, 4.69) is 4.74 Å². The Morgan fingerprint density at radius 1 is 1.40 bits per heavy atom. The van der Waals surface area contributed by atoms with Crippen molar-refractivity contribution in [2.75, 3.05) is 6.61 Å². The maximum Gasteiger partial charge on any atom is 0.422 e. The zero-order chi connectivity index (χ0) is 15.5. The number of nitrogens with one attached hydrogen (secondary N) is 1. The number of rotatable bonds is 4. The van der Waals surface area contributed by atoms with Crippen molar-refractivity contribution in [3.8, 4) is 0 Å². The number of carbonyl (C=O) groups is 1. The molecule has 1 rings (SSSR count). The molecule has 0 aliphatic carbocycles. The standard InChI is InChI=1S/C11H10F5NO3/c1-2-20-6(18)3-5-4-17-10(19)8(11(14,15)16)7(5)9(12)13/h4,9H,2-3H2,1H3,(H,17,19). The van der Waals surface area contributed by atoms with Gasteiger partial charge in [0, 0.05) is 11.8 Å².